The molecule has 3 N–H and O–H groups in total. The van der Waals surface area contributed by atoms with Gasteiger partial charge in [0.15, 0.2) is 0 Å². The van der Waals surface area contributed by atoms with Gasteiger partial charge in [-0.15, -0.1) is 0 Å². The van der Waals surface area contributed by atoms with Crippen molar-refractivity contribution in [2.75, 3.05) is 13.2 Å². The first-order valence-electron chi connectivity index (χ1n) is 6.32. The Balaban J connectivity index is 2.07. The molecular weight excluding hydrogens is 214 g/mol. The van der Waals surface area contributed by atoms with Gasteiger partial charge in [0, 0.05) is 18.6 Å². The number of aryl methyl sites for hydroxylation is 1. The Morgan fingerprint density at radius 1 is 1.53 bits per heavy atom. The van der Waals surface area contributed by atoms with Crippen LogP contribution in [0.25, 0.3) is 0 Å². The Bertz CT molecular complexity index is 378. The normalized spacial score (nSPS) is 20.8. The molecule has 0 spiro atoms. The van der Waals surface area contributed by atoms with Crippen LogP contribution in [0.2, 0.25) is 0 Å². The van der Waals surface area contributed by atoms with Gasteiger partial charge in [-0.2, -0.15) is 0 Å². The van der Waals surface area contributed by atoms with E-state index >= 15 is 0 Å². The topological polar surface area (TPSA) is 55.5 Å². The zero-order valence-electron chi connectivity index (χ0n) is 10.4. The molecule has 2 atom stereocenters. The van der Waals surface area contributed by atoms with E-state index in [1.807, 2.05) is 13.0 Å². The standard InChI is InChI=1S/C14H21NO2/c1-10(8-16)9-17-12-6-5-11-3-2-4-14(15)13(11)7-12/h5-7,10,14,16H,2-4,8-9,15H2,1H3/t10?,14-/m0/s1. The highest BCUT2D eigenvalue weighted by molar-refractivity contribution is 5.39. The van der Waals surface area contributed by atoms with Gasteiger partial charge in [0.1, 0.15) is 5.75 Å². The lowest BCUT2D eigenvalue weighted by molar-refractivity contribution is 0.174. The zero-order chi connectivity index (χ0) is 12.3. The van der Waals surface area contributed by atoms with E-state index in [9.17, 15) is 0 Å². The summed E-state index contributed by atoms with van der Waals surface area (Å²) >= 11 is 0. The van der Waals surface area contributed by atoms with Crippen molar-refractivity contribution >= 4 is 0 Å². The van der Waals surface area contributed by atoms with Crippen molar-refractivity contribution < 1.29 is 9.84 Å². The third kappa shape index (κ3) is 2.99. The van der Waals surface area contributed by atoms with E-state index in [0.29, 0.717) is 6.61 Å². The van der Waals surface area contributed by atoms with E-state index in [-0.39, 0.29) is 18.6 Å². The molecule has 1 aromatic rings. The first-order chi connectivity index (χ1) is 8.20. The van der Waals surface area contributed by atoms with Gasteiger partial charge in [-0.3, -0.25) is 0 Å². The monoisotopic (exact) mass is 235 g/mol. The highest BCUT2D eigenvalue weighted by atomic mass is 16.5. The van der Waals surface area contributed by atoms with Crippen molar-refractivity contribution in [2.24, 2.45) is 11.7 Å². The molecule has 94 valence electrons. The fourth-order valence-electron chi connectivity index (χ4n) is 2.19. The second-order valence-corrected chi connectivity index (χ2v) is 4.96. The van der Waals surface area contributed by atoms with E-state index in [1.54, 1.807) is 0 Å². The summed E-state index contributed by atoms with van der Waals surface area (Å²) in [7, 11) is 0. The van der Waals surface area contributed by atoms with E-state index in [4.69, 9.17) is 15.6 Å². The molecule has 2 rings (SSSR count). The number of rotatable bonds is 4. The van der Waals surface area contributed by atoms with Crippen LogP contribution < -0.4 is 10.5 Å². The van der Waals surface area contributed by atoms with E-state index in [2.05, 4.69) is 12.1 Å². The molecule has 0 heterocycles. The second-order valence-electron chi connectivity index (χ2n) is 4.96. The number of hydrogen-bond donors (Lipinski definition) is 2. The minimum absolute atomic E-state index is 0.151. The largest absolute Gasteiger partial charge is 0.493 e. The first-order valence-corrected chi connectivity index (χ1v) is 6.32. The number of ether oxygens (including phenoxy) is 1. The Labute approximate surface area is 103 Å². The van der Waals surface area contributed by atoms with Crippen LogP contribution in [0.3, 0.4) is 0 Å². The highest BCUT2D eigenvalue weighted by Crippen LogP contribution is 2.30. The van der Waals surface area contributed by atoms with Gasteiger partial charge in [-0.05, 0) is 42.5 Å². The van der Waals surface area contributed by atoms with Gasteiger partial charge in [-0.1, -0.05) is 13.0 Å². The maximum absolute atomic E-state index is 8.95. The van der Waals surface area contributed by atoms with Crippen LogP contribution in [0.4, 0.5) is 0 Å². The Morgan fingerprint density at radius 3 is 3.12 bits per heavy atom. The lowest BCUT2D eigenvalue weighted by atomic mass is 9.88. The number of fused-ring (bicyclic) bond motifs is 1. The summed E-state index contributed by atoms with van der Waals surface area (Å²) in [5.41, 5.74) is 8.68. The minimum atomic E-state index is 0.151. The molecule has 3 heteroatoms. The maximum atomic E-state index is 8.95. The summed E-state index contributed by atoms with van der Waals surface area (Å²) in [6.45, 7) is 2.67. The Kier molecular flexibility index (Phi) is 4.02. The molecule has 17 heavy (non-hydrogen) atoms. The number of aliphatic hydroxyl groups is 1. The van der Waals surface area contributed by atoms with Gasteiger partial charge >= 0.3 is 0 Å². The number of hydrogen-bond acceptors (Lipinski definition) is 3. The molecule has 0 aromatic heterocycles. The molecule has 1 unspecified atom stereocenters. The van der Waals surface area contributed by atoms with E-state index in [1.165, 1.54) is 17.5 Å². The molecule has 1 aromatic carbocycles. The molecule has 0 radical (unpaired) electrons. The first kappa shape index (κ1) is 12.4. The predicted octanol–water partition coefficient (Wildman–Crippen LogP) is 2.03. The second kappa shape index (κ2) is 5.52. The minimum Gasteiger partial charge on any atom is -0.493 e. The van der Waals surface area contributed by atoms with Crippen LogP contribution in [0.5, 0.6) is 5.75 Å². The summed E-state index contributed by atoms with van der Waals surface area (Å²) < 4.78 is 5.66. The Morgan fingerprint density at radius 2 is 2.35 bits per heavy atom. The molecule has 0 fully saturated rings. The quantitative estimate of drug-likeness (QED) is 0.839. The van der Waals surface area contributed by atoms with Crippen molar-refractivity contribution in [3.63, 3.8) is 0 Å². The molecule has 0 bridgehead atoms. The predicted molar refractivity (Wildman–Crippen MR) is 68.1 cm³/mol. The summed E-state index contributed by atoms with van der Waals surface area (Å²) in [6.07, 6.45) is 3.36. The van der Waals surface area contributed by atoms with E-state index in [0.717, 1.165) is 18.6 Å². The van der Waals surface area contributed by atoms with Crippen molar-refractivity contribution in [1.29, 1.82) is 0 Å². The molecule has 0 amide bonds. The number of nitrogens with two attached hydrogens (primary N) is 1. The maximum Gasteiger partial charge on any atom is 0.119 e. The van der Waals surface area contributed by atoms with Gasteiger partial charge in [0.05, 0.1) is 6.61 Å². The van der Waals surface area contributed by atoms with Crippen LogP contribution in [-0.2, 0) is 6.42 Å². The number of aliphatic hydroxyl groups excluding tert-OH is 1. The van der Waals surface area contributed by atoms with Gasteiger partial charge < -0.3 is 15.6 Å². The lowest BCUT2D eigenvalue weighted by Crippen LogP contribution is -2.18. The van der Waals surface area contributed by atoms with Crippen molar-refractivity contribution in [2.45, 2.75) is 32.2 Å². The molecule has 3 nitrogen and oxygen atoms in total. The molecule has 0 aliphatic heterocycles. The summed E-state index contributed by atoms with van der Waals surface area (Å²) in [4.78, 5) is 0. The van der Waals surface area contributed by atoms with Gasteiger partial charge in [-0.25, -0.2) is 0 Å². The molecule has 1 aliphatic carbocycles. The molecular formula is C14H21NO2. The highest BCUT2D eigenvalue weighted by Gasteiger charge is 2.17. The smallest absolute Gasteiger partial charge is 0.119 e. The Hall–Kier alpha value is -1.06. The van der Waals surface area contributed by atoms with Crippen molar-refractivity contribution in [3.8, 4) is 5.75 Å². The average Bonchev–Trinajstić information content (AvgIpc) is 2.36. The molecule has 0 saturated heterocycles. The van der Waals surface area contributed by atoms with E-state index < -0.39 is 0 Å². The van der Waals surface area contributed by atoms with Crippen molar-refractivity contribution in [1.82, 2.24) is 0 Å². The van der Waals surface area contributed by atoms with Crippen LogP contribution in [0.1, 0.15) is 36.9 Å². The van der Waals surface area contributed by atoms with Crippen LogP contribution in [-0.4, -0.2) is 18.3 Å². The fraction of sp³-hybridized carbons (Fsp3) is 0.571. The van der Waals surface area contributed by atoms with Crippen LogP contribution >= 0.6 is 0 Å². The summed E-state index contributed by atoms with van der Waals surface area (Å²) in [6, 6.07) is 6.33. The van der Waals surface area contributed by atoms with Gasteiger partial charge in [0.25, 0.3) is 0 Å². The SMILES string of the molecule is CC(CO)COc1ccc2c(c1)[C@@H](N)CCC2. The third-order valence-electron chi connectivity index (χ3n) is 3.32. The summed E-state index contributed by atoms with van der Waals surface area (Å²) in [5.74, 6) is 1.03. The number of benzene rings is 1. The van der Waals surface area contributed by atoms with Crippen LogP contribution in [0, 0.1) is 5.92 Å². The zero-order valence-corrected chi connectivity index (χ0v) is 10.4. The molecule has 1 aliphatic rings. The lowest BCUT2D eigenvalue weighted by Gasteiger charge is -2.23. The summed E-state index contributed by atoms with van der Waals surface area (Å²) in [5, 5.41) is 8.95. The third-order valence-corrected chi connectivity index (χ3v) is 3.32. The van der Waals surface area contributed by atoms with Crippen molar-refractivity contribution in [3.05, 3.63) is 29.3 Å². The fourth-order valence-corrected chi connectivity index (χ4v) is 2.19. The average molecular weight is 235 g/mol. The van der Waals surface area contributed by atoms with Gasteiger partial charge in [0.2, 0.25) is 0 Å². The molecule has 0 saturated carbocycles. The van der Waals surface area contributed by atoms with Crippen LogP contribution in [0.15, 0.2) is 18.2 Å².